The second-order valence-electron chi connectivity index (χ2n) is 6.98. The fraction of sp³-hybridized carbons (Fsp3) is 0.364. The van der Waals surface area contributed by atoms with Crippen molar-refractivity contribution in [2.45, 2.75) is 39.5 Å². The van der Waals surface area contributed by atoms with Gasteiger partial charge in [-0.3, -0.25) is 20.4 Å². The molecule has 0 saturated heterocycles. The number of hydrazine groups is 1. The van der Waals surface area contributed by atoms with Crippen molar-refractivity contribution in [1.29, 1.82) is 0 Å². The van der Waals surface area contributed by atoms with Gasteiger partial charge in [0.15, 0.2) is 6.61 Å². The average Bonchev–Trinajstić information content (AvgIpc) is 2.72. The predicted octanol–water partition coefficient (Wildman–Crippen LogP) is 5.35. The number of carbonyl (C=O) groups excluding carboxylic acids is 2. The van der Waals surface area contributed by atoms with Gasteiger partial charge in [0.25, 0.3) is 11.8 Å². The Hall–Kier alpha value is -2.06. The topological polar surface area (TPSA) is 76.7 Å². The number of unbranched alkanes of at least 4 members (excludes halogenated alkanes) is 1. The van der Waals surface area contributed by atoms with Gasteiger partial charge in [0, 0.05) is 4.47 Å². The first-order valence-corrected chi connectivity index (χ1v) is 11.3. The highest BCUT2D eigenvalue weighted by atomic mass is 79.9. The zero-order chi connectivity index (χ0) is 22.1. The van der Waals surface area contributed by atoms with Gasteiger partial charge in [-0.1, -0.05) is 49.2 Å². The summed E-state index contributed by atoms with van der Waals surface area (Å²) < 4.78 is 12.7. The highest BCUT2D eigenvalue weighted by Crippen LogP contribution is 2.29. The lowest BCUT2D eigenvalue weighted by Crippen LogP contribution is -2.44. The normalized spacial score (nSPS) is 10.6. The van der Waals surface area contributed by atoms with Gasteiger partial charge < -0.3 is 9.47 Å². The summed E-state index contributed by atoms with van der Waals surface area (Å²) in [5, 5.41) is 0. The predicted molar refractivity (Wildman–Crippen MR) is 124 cm³/mol. The maximum atomic E-state index is 12.5. The molecule has 0 aliphatic heterocycles. The van der Waals surface area contributed by atoms with E-state index in [9.17, 15) is 9.59 Å². The second kappa shape index (κ2) is 12.0. The highest BCUT2D eigenvalue weighted by Gasteiger charge is 2.15. The maximum Gasteiger partial charge on any atom is 0.276 e. The van der Waals surface area contributed by atoms with Crippen LogP contribution in [0.1, 0.15) is 55.5 Å². The Balaban J connectivity index is 1.90. The fourth-order valence-corrected chi connectivity index (χ4v) is 3.37. The molecule has 0 unspecified atom stereocenters. The number of hydrogen-bond donors (Lipinski definition) is 2. The molecular weight excluding hydrogens is 516 g/mol. The van der Waals surface area contributed by atoms with Crippen LogP contribution < -0.4 is 20.3 Å². The molecule has 2 aromatic carbocycles. The summed E-state index contributed by atoms with van der Waals surface area (Å²) >= 11 is 6.80. The minimum atomic E-state index is -0.480. The van der Waals surface area contributed by atoms with Gasteiger partial charge in [-0.15, -0.1) is 0 Å². The van der Waals surface area contributed by atoms with Crippen LogP contribution in [0, 0.1) is 0 Å². The molecule has 0 fully saturated rings. The molecule has 0 saturated carbocycles. The van der Waals surface area contributed by atoms with E-state index < -0.39 is 11.8 Å². The maximum absolute atomic E-state index is 12.5. The number of hydrogen-bond acceptors (Lipinski definition) is 4. The molecule has 2 rings (SSSR count). The van der Waals surface area contributed by atoms with E-state index in [1.54, 1.807) is 18.2 Å². The first-order chi connectivity index (χ1) is 14.3. The van der Waals surface area contributed by atoms with Crippen LogP contribution in [0.2, 0.25) is 0 Å². The number of nitrogens with one attached hydrogen (secondary N) is 2. The molecule has 8 heteroatoms. The Labute approximate surface area is 193 Å². The van der Waals surface area contributed by atoms with E-state index in [1.165, 1.54) is 0 Å². The van der Waals surface area contributed by atoms with E-state index in [4.69, 9.17) is 9.47 Å². The van der Waals surface area contributed by atoms with Crippen LogP contribution in [0.5, 0.6) is 11.5 Å². The Morgan fingerprint density at radius 2 is 1.73 bits per heavy atom. The number of ether oxygens (including phenoxy) is 2. The standard InChI is InChI=1S/C22H26Br2N2O4/c1-4-5-10-29-19-9-7-16(23)12-17(19)22(28)26-25-21(27)13-30-20-8-6-15(14(2)3)11-18(20)24/h6-9,11-12,14H,4-5,10,13H2,1-3H3,(H,25,27)(H,26,28). The lowest BCUT2D eigenvalue weighted by atomic mass is 10.0. The number of rotatable bonds is 9. The smallest absolute Gasteiger partial charge is 0.276 e. The SMILES string of the molecule is CCCCOc1ccc(Br)cc1C(=O)NNC(=O)COc1ccc(C(C)C)cc1Br. The van der Waals surface area contributed by atoms with Crippen LogP contribution >= 0.6 is 31.9 Å². The van der Waals surface area contributed by atoms with Crippen molar-refractivity contribution in [2.24, 2.45) is 0 Å². The number of benzene rings is 2. The number of carbonyl (C=O) groups is 2. The molecule has 2 N–H and O–H groups in total. The van der Waals surface area contributed by atoms with Crippen LogP contribution in [0.4, 0.5) is 0 Å². The Morgan fingerprint density at radius 3 is 2.40 bits per heavy atom. The lowest BCUT2D eigenvalue weighted by Gasteiger charge is -2.14. The van der Waals surface area contributed by atoms with Crippen molar-refractivity contribution < 1.29 is 19.1 Å². The van der Waals surface area contributed by atoms with Crippen LogP contribution in [0.3, 0.4) is 0 Å². The Bertz CT molecular complexity index is 887. The first kappa shape index (κ1) is 24.2. The molecule has 0 aliphatic rings. The van der Waals surface area contributed by atoms with E-state index >= 15 is 0 Å². The van der Waals surface area contributed by atoms with Crippen molar-refractivity contribution >= 4 is 43.7 Å². The molecule has 0 atom stereocenters. The molecule has 0 aliphatic carbocycles. The van der Waals surface area contributed by atoms with Crippen molar-refractivity contribution in [3.05, 3.63) is 56.5 Å². The van der Waals surface area contributed by atoms with Crippen molar-refractivity contribution in [3.63, 3.8) is 0 Å². The molecule has 6 nitrogen and oxygen atoms in total. The van der Waals surface area contributed by atoms with Gasteiger partial charge in [-0.25, -0.2) is 0 Å². The Kier molecular flexibility index (Phi) is 9.65. The summed E-state index contributed by atoms with van der Waals surface area (Å²) in [6, 6.07) is 10.9. The van der Waals surface area contributed by atoms with Crippen LogP contribution in [0.25, 0.3) is 0 Å². The van der Waals surface area contributed by atoms with Crippen molar-refractivity contribution in [3.8, 4) is 11.5 Å². The molecule has 0 radical (unpaired) electrons. The van der Waals surface area contributed by atoms with Gasteiger partial charge in [0.2, 0.25) is 0 Å². The summed E-state index contributed by atoms with van der Waals surface area (Å²) in [5.74, 6) is 0.455. The van der Waals surface area contributed by atoms with E-state index in [0.717, 1.165) is 27.4 Å². The minimum absolute atomic E-state index is 0.238. The van der Waals surface area contributed by atoms with Gasteiger partial charge in [0.05, 0.1) is 16.6 Å². The Morgan fingerprint density at radius 1 is 1.00 bits per heavy atom. The van der Waals surface area contributed by atoms with E-state index in [2.05, 4.69) is 63.5 Å². The largest absolute Gasteiger partial charge is 0.493 e. The van der Waals surface area contributed by atoms with Crippen LogP contribution in [0.15, 0.2) is 45.3 Å². The summed E-state index contributed by atoms with van der Waals surface area (Å²) in [6.07, 6.45) is 1.88. The number of halogens is 2. The van der Waals surface area contributed by atoms with E-state index in [0.29, 0.717) is 29.6 Å². The fourth-order valence-electron chi connectivity index (χ4n) is 2.50. The number of amides is 2. The summed E-state index contributed by atoms with van der Waals surface area (Å²) in [7, 11) is 0. The molecule has 0 bridgehead atoms. The third-order valence-corrected chi connectivity index (χ3v) is 5.35. The minimum Gasteiger partial charge on any atom is -0.493 e. The molecule has 162 valence electrons. The molecule has 0 spiro atoms. The zero-order valence-corrected chi connectivity index (χ0v) is 20.4. The van der Waals surface area contributed by atoms with E-state index in [-0.39, 0.29) is 6.61 Å². The molecular formula is C22H26Br2N2O4. The molecule has 2 amide bonds. The second-order valence-corrected chi connectivity index (χ2v) is 8.75. The van der Waals surface area contributed by atoms with Crippen LogP contribution in [-0.2, 0) is 4.79 Å². The van der Waals surface area contributed by atoms with Crippen molar-refractivity contribution in [2.75, 3.05) is 13.2 Å². The summed E-state index contributed by atoms with van der Waals surface area (Å²) in [4.78, 5) is 24.6. The summed E-state index contributed by atoms with van der Waals surface area (Å²) in [5.41, 5.74) is 6.26. The monoisotopic (exact) mass is 540 g/mol. The van der Waals surface area contributed by atoms with Gasteiger partial charge in [-0.2, -0.15) is 0 Å². The summed E-state index contributed by atoms with van der Waals surface area (Å²) in [6.45, 7) is 6.54. The average molecular weight is 542 g/mol. The lowest BCUT2D eigenvalue weighted by molar-refractivity contribution is -0.123. The van der Waals surface area contributed by atoms with Gasteiger partial charge >= 0.3 is 0 Å². The first-order valence-electron chi connectivity index (χ1n) is 9.75. The quantitative estimate of drug-likeness (QED) is 0.331. The van der Waals surface area contributed by atoms with Gasteiger partial charge in [-0.05, 0) is 64.2 Å². The third-order valence-electron chi connectivity index (χ3n) is 4.24. The highest BCUT2D eigenvalue weighted by molar-refractivity contribution is 9.10. The van der Waals surface area contributed by atoms with Crippen LogP contribution in [-0.4, -0.2) is 25.0 Å². The zero-order valence-electron chi connectivity index (χ0n) is 17.3. The van der Waals surface area contributed by atoms with Crippen molar-refractivity contribution in [1.82, 2.24) is 10.9 Å². The molecule has 2 aromatic rings. The molecule has 0 heterocycles. The third kappa shape index (κ3) is 7.32. The van der Waals surface area contributed by atoms with E-state index in [1.807, 2.05) is 18.2 Å². The van der Waals surface area contributed by atoms with Gasteiger partial charge in [0.1, 0.15) is 11.5 Å². The molecule has 0 aromatic heterocycles. The molecule has 30 heavy (non-hydrogen) atoms.